The summed E-state index contributed by atoms with van der Waals surface area (Å²) in [6.07, 6.45) is 3.18. The highest BCUT2D eigenvalue weighted by Gasteiger charge is 2.32. The van der Waals surface area contributed by atoms with Crippen molar-refractivity contribution in [3.8, 4) is 5.75 Å². The van der Waals surface area contributed by atoms with Crippen molar-refractivity contribution >= 4 is 23.8 Å². The summed E-state index contributed by atoms with van der Waals surface area (Å²) in [5.74, 6) is 0.0318. The van der Waals surface area contributed by atoms with Crippen LogP contribution in [0.4, 0.5) is 4.79 Å². The van der Waals surface area contributed by atoms with E-state index in [0.29, 0.717) is 57.4 Å². The molecule has 1 heterocycles. The molecule has 4 N–H and O–H groups in total. The number of carbonyl (C=O) groups is 4. The van der Waals surface area contributed by atoms with Crippen molar-refractivity contribution in [1.29, 1.82) is 0 Å². The maximum absolute atomic E-state index is 12.4. The fourth-order valence-corrected chi connectivity index (χ4v) is 3.94. The van der Waals surface area contributed by atoms with Crippen molar-refractivity contribution in [3.63, 3.8) is 0 Å². The maximum atomic E-state index is 12.4. The molecule has 2 atom stereocenters. The molecule has 1 aliphatic rings. The molecule has 2 unspecified atom stereocenters. The van der Waals surface area contributed by atoms with Crippen LogP contribution in [0.15, 0.2) is 60.7 Å². The van der Waals surface area contributed by atoms with Gasteiger partial charge in [-0.2, -0.15) is 0 Å². The smallest absolute Gasteiger partial charge is 0.407 e. The molecule has 0 spiro atoms. The lowest BCUT2D eigenvalue weighted by Crippen LogP contribution is -2.61. The maximum Gasteiger partial charge on any atom is 0.407 e. The van der Waals surface area contributed by atoms with E-state index < -0.39 is 18.2 Å². The average molecular weight is 525 g/mol. The van der Waals surface area contributed by atoms with Crippen LogP contribution in [-0.2, 0) is 25.7 Å². The zero-order valence-electron chi connectivity index (χ0n) is 21.4. The van der Waals surface area contributed by atoms with Gasteiger partial charge in [-0.3, -0.25) is 14.4 Å². The predicted octanol–water partition coefficient (Wildman–Crippen LogP) is 2.43. The van der Waals surface area contributed by atoms with Crippen LogP contribution in [0.25, 0.3) is 0 Å². The summed E-state index contributed by atoms with van der Waals surface area (Å²) in [5, 5.41) is 11.1. The molecule has 1 saturated heterocycles. The first-order valence-electron chi connectivity index (χ1n) is 13.0. The lowest BCUT2D eigenvalue weighted by atomic mass is 10.0. The van der Waals surface area contributed by atoms with Crippen LogP contribution >= 0.6 is 0 Å². The highest BCUT2D eigenvalue weighted by atomic mass is 16.5. The summed E-state index contributed by atoms with van der Waals surface area (Å²) >= 11 is 0. The van der Waals surface area contributed by atoms with E-state index in [1.165, 1.54) is 0 Å². The SMILES string of the molecule is O=C(COc1ccccc1)NCCCCC1NC(=O)C(CCCCNC(=O)OCc2ccccc2)NC1=O. The molecule has 3 rings (SSSR count). The molecule has 38 heavy (non-hydrogen) atoms. The van der Waals surface area contributed by atoms with Crippen LogP contribution < -0.4 is 26.0 Å². The fraction of sp³-hybridized carbons (Fsp3) is 0.429. The topological polar surface area (TPSA) is 135 Å². The van der Waals surface area contributed by atoms with E-state index in [2.05, 4.69) is 21.3 Å². The summed E-state index contributed by atoms with van der Waals surface area (Å²) < 4.78 is 10.6. The standard InChI is InChI=1S/C28H36N4O6/c33-25(20-37-22-13-5-2-6-14-22)29-17-9-7-15-23-26(34)32-24(27(35)31-23)16-8-10-18-30-28(36)38-19-21-11-3-1-4-12-21/h1-6,11-14,23-24H,7-10,15-20H2,(H,29,33)(H,30,36)(H,31,35)(H,32,34). The molecule has 2 aromatic carbocycles. The summed E-state index contributed by atoms with van der Waals surface area (Å²) in [7, 11) is 0. The lowest BCUT2D eigenvalue weighted by Gasteiger charge is -2.29. The predicted molar refractivity (Wildman–Crippen MR) is 141 cm³/mol. The first kappa shape index (κ1) is 28.5. The number of alkyl carbamates (subject to hydrolysis) is 1. The molecule has 10 nitrogen and oxygen atoms in total. The molecule has 0 radical (unpaired) electrons. The second kappa shape index (κ2) is 15.9. The number of nitrogens with one attached hydrogen (secondary N) is 4. The van der Waals surface area contributed by atoms with E-state index in [9.17, 15) is 19.2 Å². The third kappa shape index (κ3) is 10.5. The molecular formula is C28H36N4O6. The van der Waals surface area contributed by atoms with Gasteiger partial charge in [0, 0.05) is 13.1 Å². The number of unbranched alkanes of at least 4 members (excludes halogenated alkanes) is 2. The fourth-order valence-electron chi connectivity index (χ4n) is 3.94. The van der Waals surface area contributed by atoms with E-state index in [4.69, 9.17) is 9.47 Å². The Morgan fingerprint density at radius 3 is 1.89 bits per heavy atom. The van der Waals surface area contributed by atoms with E-state index in [-0.39, 0.29) is 30.9 Å². The molecule has 0 bridgehead atoms. The minimum Gasteiger partial charge on any atom is -0.484 e. The third-order valence-electron chi connectivity index (χ3n) is 6.02. The number of carbonyl (C=O) groups excluding carboxylic acids is 4. The van der Waals surface area contributed by atoms with Crippen molar-refractivity contribution in [2.75, 3.05) is 19.7 Å². The van der Waals surface area contributed by atoms with Crippen molar-refractivity contribution in [2.24, 2.45) is 0 Å². The van der Waals surface area contributed by atoms with E-state index in [0.717, 1.165) is 5.56 Å². The van der Waals surface area contributed by atoms with Gasteiger partial charge in [-0.15, -0.1) is 0 Å². The highest BCUT2D eigenvalue weighted by molar-refractivity contribution is 5.96. The molecule has 0 saturated carbocycles. The van der Waals surface area contributed by atoms with Gasteiger partial charge in [-0.1, -0.05) is 48.5 Å². The molecule has 0 aliphatic carbocycles. The first-order valence-corrected chi connectivity index (χ1v) is 13.0. The quantitative estimate of drug-likeness (QED) is 0.264. The van der Waals surface area contributed by atoms with Gasteiger partial charge in [0.2, 0.25) is 11.8 Å². The van der Waals surface area contributed by atoms with Gasteiger partial charge < -0.3 is 30.7 Å². The number of amides is 4. The number of rotatable bonds is 15. The normalized spacial score (nSPS) is 16.6. The largest absolute Gasteiger partial charge is 0.484 e. The average Bonchev–Trinajstić information content (AvgIpc) is 2.93. The number of para-hydroxylation sites is 1. The minimum atomic E-state index is -0.576. The molecular weight excluding hydrogens is 488 g/mol. The Morgan fingerprint density at radius 1 is 0.737 bits per heavy atom. The van der Waals surface area contributed by atoms with E-state index in [1.54, 1.807) is 12.1 Å². The molecule has 4 amide bonds. The lowest BCUT2D eigenvalue weighted by molar-refractivity contribution is -0.137. The van der Waals surface area contributed by atoms with Gasteiger partial charge in [-0.25, -0.2) is 4.79 Å². The van der Waals surface area contributed by atoms with E-state index >= 15 is 0 Å². The molecule has 1 aliphatic heterocycles. The van der Waals surface area contributed by atoms with Crippen LogP contribution in [-0.4, -0.2) is 55.6 Å². The Kier molecular flexibility index (Phi) is 11.9. The minimum absolute atomic E-state index is 0.0547. The van der Waals surface area contributed by atoms with Gasteiger partial charge in [0.1, 0.15) is 24.4 Å². The zero-order chi connectivity index (χ0) is 27.0. The Hall–Kier alpha value is -4.08. The van der Waals surface area contributed by atoms with Gasteiger partial charge in [0.05, 0.1) is 0 Å². The highest BCUT2D eigenvalue weighted by Crippen LogP contribution is 2.11. The molecule has 10 heteroatoms. The van der Waals surface area contributed by atoms with Crippen molar-refractivity contribution in [3.05, 3.63) is 66.2 Å². The molecule has 0 aromatic heterocycles. The van der Waals surface area contributed by atoms with Crippen molar-refractivity contribution in [1.82, 2.24) is 21.3 Å². The molecule has 2 aromatic rings. The van der Waals surface area contributed by atoms with Crippen LogP contribution in [0, 0.1) is 0 Å². The number of ether oxygens (including phenoxy) is 2. The molecule has 1 fully saturated rings. The Labute approximate surface area is 222 Å². The van der Waals surface area contributed by atoms with Gasteiger partial charge in [0.15, 0.2) is 6.61 Å². The van der Waals surface area contributed by atoms with Crippen LogP contribution in [0.1, 0.15) is 44.1 Å². The third-order valence-corrected chi connectivity index (χ3v) is 6.02. The first-order chi connectivity index (χ1) is 18.5. The van der Waals surface area contributed by atoms with Crippen LogP contribution in [0.3, 0.4) is 0 Å². The second-order valence-electron chi connectivity index (χ2n) is 9.05. The van der Waals surface area contributed by atoms with Gasteiger partial charge in [-0.05, 0) is 56.2 Å². The number of benzene rings is 2. The van der Waals surface area contributed by atoms with Crippen molar-refractivity contribution < 1.29 is 28.7 Å². The summed E-state index contributed by atoms with van der Waals surface area (Å²) in [5.41, 5.74) is 0.913. The van der Waals surface area contributed by atoms with Gasteiger partial charge in [0.25, 0.3) is 5.91 Å². The summed E-state index contributed by atoms with van der Waals surface area (Å²) in [4.78, 5) is 48.5. The molecule has 204 valence electrons. The van der Waals surface area contributed by atoms with Crippen LogP contribution in [0.5, 0.6) is 5.75 Å². The number of hydrogen-bond acceptors (Lipinski definition) is 6. The Bertz CT molecular complexity index is 951. The Balaban J connectivity index is 1.20. The number of hydrogen-bond donors (Lipinski definition) is 4. The van der Waals surface area contributed by atoms with Crippen molar-refractivity contribution in [2.45, 2.75) is 57.2 Å². The van der Waals surface area contributed by atoms with Gasteiger partial charge >= 0.3 is 6.09 Å². The summed E-state index contributed by atoms with van der Waals surface area (Å²) in [6, 6.07) is 17.4. The Morgan fingerprint density at radius 2 is 1.29 bits per heavy atom. The zero-order valence-corrected chi connectivity index (χ0v) is 21.4. The monoisotopic (exact) mass is 524 g/mol. The second-order valence-corrected chi connectivity index (χ2v) is 9.05. The van der Waals surface area contributed by atoms with Crippen LogP contribution in [0.2, 0.25) is 0 Å². The summed E-state index contributed by atoms with van der Waals surface area (Å²) in [6.45, 7) is 1.05. The number of piperazine rings is 1. The van der Waals surface area contributed by atoms with E-state index in [1.807, 2.05) is 48.5 Å².